The first-order chi connectivity index (χ1) is 8.22. The van der Waals surface area contributed by atoms with Crippen LogP contribution in [0.5, 0.6) is 0 Å². The second-order valence-corrected chi connectivity index (χ2v) is 6.54. The Balaban J connectivity index is 1.73. The molecule has 3 aliphatic rings. The molecule has 0 bridgehead atoms. The van der Waals surface area contributed by atoms with Crippen LogP contribution < -0.4 is 5.32 Å². The highest BCUT2D eigenvalue weighted by molar-refractivity contribution is 5.14. The third-order valence-electron chi connectivity index (χ3n) is 5.64. The summed E-state index contributed by atoms with van der Waals surface area (Å²) < 4.78 is 5.65. The molecule has 3 fully saturated rings. The van der Waals surface area contributed by atoms with E-state index in [4.69, 9.17) is 4.74 Å². The molecule has 0 radical (unpaired) electrons. The first-order valence-electron chi connectivity index (χ1n) is 7.13. The molecule has 0 aromatic heterocycles. The molecule has 3 rings (SSSR count). The molecule has 0 atom stereocenters. The third kappa shape index (κ3) is 1.74. The van der Waals surface area contributed by atoms with Gasteiger partial charge in [0, 0.05) is 12.0 Å². The molecular weight excluding hydrogens is 212 g/mol. The van der Waals surface area contributed by atoms with Crippen molar-refractivity contribution in [2.45, 2.75) is 25.7 Å². The normalized spacial score (nSPS) is 32.1. The van der Waals surface area contributed by atoms with Crippen molar-refractivity contribution in [3.63, 3.8) is 0 Å². The van der Waals surface area contributed by atoms with Crippen LogP contribution in [0, 0.1) is 16.7 Å². The fourth-order valence-electron chi connectivity index (χ4n) is 4.20. The summed E-state index contributed by atoms with van der Waals surface area (Å²) in [5.41, 5.74) is 1.11. The van der Waals surface area contributed by atoms with E-state index in [2.05, 4.69) is 24.3 Å². The largest absolute Gasteiger partial charge is 0.380 e. The standard InChI is InChI=1S/C14H26N2O/c1-15-9-13(5-6-13)14(10-17-11-14)12-3-7-16(2)8-4-12/h12,15H,3-11H2,1-2H3. The highest BCUT2D eigenvalue weighted by atomic mass is 16.5. The lowest BCUT2D eigenvalue weighted by atomic mass is 9.60. The Bertz CT molecular complexity index is 276. The van der Waals surface area contributed by atoms with E-state index in [-0.39, 0.29) is 0 Å². The summed E-state index contributed by atoms with van der Waals surface area (Å²) in [6, 6.07) is 0. The highest BCUT2D eigenvalue weighted by Gasteiger charge is 2.64. The molecule has 2 aliphatic heterocycles. The van der Waals surface area contributed by atoms with Crippen LogP contribution in [0.15, 0.2) is 0 Å². The molecule has 0 aromatic rings. The van der Waals surface area contributed by atoms with Gasteiger partial charge in [-0.3, -0.25) is 0 Å². The van der Waals surface area contributed by atoms with Crippen molar-refractivity contribution in [1.82, 2.24) is 10.2 Å². The topological polar surface area (TPSA) is 24.5 Å². The van der Waals surface area contributed by atoms with Gasteiger partial charge in [-0.15, -0.1) is 0 Å². The van der Waals surface area contributed by atoms with E-state index in [0.29, 0.717) is 10.8 Å². The lowest BCUT2D eigenvalue weighted by molar-refractivity contribution is -0.194. The molecule has 2 heterocycles. The van der Waals surface area contributed by atoms with Crippen molar-refractivity contribution in [3.8, 4) is 0 Å². The second kappa shape index (κ2) is 4.22. The van der Waals surface area contributed by atoms with Gasteiger partial charge in [-0.25, -0.2) is 0 Å². The summed E-state index contributed by atoms with van der Waals surface area (Å²) in [5, 5.41) is 3.43. The third-order valence-corrected chi connectivity index (χ3v) is 5.64. The van der Waals surface area contributed by atoms with Crippen molar-refractivity contribution < 1.29 is 4.74 Å². The van der Waals surface area contributed by atoms with Crippen LogP contribution in [0.3, 0.4) is 0 Å². The number of hydrogen-bond acceptors (Lipinski definition) is 3. The smallest absolute Gasteiger partial charge is 0.0553 e. The van der Waals surface area contributed by atoms with Crippen LogP contribution >= 0.6 is 0 Å². The maximum atomic E-state index is 5.65. The zero-order valence-electron chi connectivity index (χ0n) is 11.3. The molecule has 2 saturated heterocycles. The number of rotatable bonds is 4. The van der Waals surface area contributed by atoms with Gasteiger partial charge in [0.2, 0.25) is 0 Å². The van der Waals surface area contributed by atoms with E-state index < -0.39 is 0 Å². The molecule has 0 unspecified atom stereocenters. The molecule has 1 N–H and O–H groups in total. The Hall–Kier alpha value is -0.120. The summed E-state index contributed by atoms with van der Waals surface area (Å²) in [7, 11) is 4.35. The molecule has 3 nitrogen and oxygen atoms in total. The number of nitrogens with zero attached hydrogens (tertiary/aromatic N) is 1. The average Bonchev–Trinajstić information content (AvgIpc) is 3.01. The van der Waals surface area contributed by atoms with Crippen molar-refractivity contribution in [2.75, 3.05) is 46.9 Å². The highest BCUT2D eigenvalue weighted by Crippen LogP contribution is 2.65. The van der Waals surface area contributed by atoms with Gasteiger partial charge in [-0.05, 0) is 64.2 Å². The van der Waals surface area contributed by atoms with Gasteiger partial charge in [-0.1, -0.05) is 0 Å². The van der Waals surface area contributed by atoms with Gasteiger partial charge in [0.1, 0.15) is 0 Å². The Kier molecular flexibility index (Phi) is 2.96. The van der Waals surface area contributed by atoms with Crippen molar-refractivity contribution in [3.05, 3.63) is 0 Å². The zero-order valence-corrected chi connectivity index (χ0v) is 11.3. The van der Waals surface area contributed by atoms with E-state index in [1.54, 1.807) is 0 Å². The summed E-state index contributed by atoms with van der Waals surface area (Å²) in [4.78, 5) is 2.47. The predicted octanol–water partition coefficient (Wildman–Crippen LogP) is 1.34. The number of nitrogens with one attached hydrogen (secondary N) is 1. The summed E-state index contributed by atoms with van der Waals surface area (Å²) in [6.07, 6.45) is 5.60. The second-order valence-electron chi connectivity index (χ2n) is 6.54. The number of likely N-dealkylation sites (tertiary alicyclic amines) is 1. The monoisotopic (exact) mass is 238 g/mol. The van der Waals surface area contributed by atoms with Crippen molar-refractivity contribution in [2.24, 2.45) is 16.7 Å². The van der Waals surface area contributed by atoms with Gasteiger partial charge < -0.3 is 15.0 Å². The number of hydrogen-bond donors (Lipinski definition) is 1. The minimum atomic E-state index is 0.525. The van der Waals surface area contributed by atoms with Gasteiger partial charge in [-0.2, -0.15) is 0 Å². The zero-order chi connectivity index (χ0) is 11.9. The van der Waals surface area contributed by atoms with Gasteiger partial charge in [0.05, 0.1) is 13.2 Å². The first kappa shape index (κ1) is 11.9. The average molecular weight is 238 g/mol. The van der Waals surface area contributed by atoms with Crippen LogP contribution in [-0.2, 0) is 4.74 Å². The molecular formula is C14H26N2O. The van der Waals surface area contributed by atoms with Crippen molar-refractivity contribution in [1.29, 1.82) is 0 Å². The van der Waals surface area contributed by atoms with E-state index in [1.165, 1.54) is 45.3 Å². The maximum Gasteiger partial charge on any atom is 0.0553 e. The van der Waals surface area contributed by atoms with Crippen molar-refractivity contribution >= 4 is 0 Å². The Morgan fingerprint density at radius 3 is 2.29 bits per heavy atom. The Morgan fingerprint density at radius 2 is 1.88 bits per heavy atom. The summed E-state index contributed by atoms with van der Waals surface area (Å²) >= 11 is 0. The van der Waals surface area contributed by atoms with Gasteiger partial charge in [0.25, 0.3) is 0 Å². The lowest BCUT2D eigenvalue weighted by Gasteiger charge is -2.55. The van der Waals surface area contributed by atoms with Crippen LogP contribution in [-0.4, -0.2) is 51.8 Å². The number of ether oxygens (including phenoxy) is 1. The molecule has 1 saturated carbocycles. The molecule has 0 spiro atoms. The van der Waals surface area contributed by atoms with E-state index in [0.717, 1.165) is 19.1 Å². The fourth-order valence-corrected chi connectivity index (χ4v) is 4.20. The minimum Gasteiger partial charge on any atom is -0.380 e. The van der Waals surface area contributed by atoms with E-state index >= 15 is 0 Å². The SMILES string of the molecule is CNCC1(C2(C3CCN(C)CC3)COC2)CC1. The molecule has 17 heavy (non-hydrogen) atoms. The molecule has 0 amide bonds. The van der Waals surface area contributed by atoms with Crippen LogP contribution in [0.1, 0.15) is 25.7 Å². The number of piperidine rings is 1. The quantitative estimate of drug-likeness (QED) is 0.800. The molecule has 1 aliphatic carbocycles. The van der Waals surface area contributed by atoms with Crippen LogP contribution in [0.4, 0.5) is 0 Å². The summed E-state index contributed by atoms with van der Waals surface area (Å²) in [6.45, 7) is 5.82. The Labute approximate surface area is 105 Å². The van der Waals surface area contributed by atoms with Gasteiger partial charge >= 0.3 is 0 Å². The molecule has 0 aromatic carbocycles. The molecule has 3 heteroatoms. The predicted molar refractivity (Wildman–Crippen MR) is 69.1 cm³/mol. The summed E-state index contributed by atoms with van der Waals surface area (Å²) in [5.74, 6) is 0.906. The van der Waals surface area contributed by atoms with E-state index in [9.17, 15) is 0 Å². The van der Waals surface area contributed by atoms with Gasteiger partial charge in [0.15, 0.2) is 0 Å². The first-order valence-corrected chi connectivity index (χ1v) is 7.13. The molecule has 98 valence electrons. The van der Waals surface area contributed by atoms with Crippen LogP contribution in [0.25, 0.3) is 0 Å². The van der Waals surface area contributed by atoms with E-state index in [1.807, 2.05) is 0 Å². The Morgan fingerprint density at radius 1 is 1.24 bits per heavy atom. The van der Waals surface area contributed by atoms with Crippen LogP contribution in [0.2, 0.25) is 0 Å². The fraction of sp³-hybridized carbons (Fsp3) is 1.00. The minimum absolute atomic E-state index is 0.525. The lowest BCUT2D eigenvalue weighted by Crippen LogP contribution is -2.58. The maximum absolute atomic E-state index is 5.65.